The lowest BCUT2D eigenvalue weighted by atomic mass is 9.40. The molecule has 6 nitrogen and oxygen atoms in total. The maximum absolute atomic E-state index is 13.1. The predicted octanol–water partition coefficient (Wildman–Crippen LogP) is -0.629. The minimum atomic E-state index is -2.26. The van der Waals surface area contributed by atoms with Crippen LogP contribution in [0.4, 0.5) is 0 Å². The van der Waals surface area contributed by atoms with Crippen LogP contribution in [0.5, 0.6) is 5.75 Å². The molecule has 2 heterocycles. The molecule has 0 bridgehead atoms. The normalized spacial score (nSPS) is 17.5. The molecule has 12 radical (unpaired) electrons. The Morgan fingerprint density at radius 3 is 2.45 bits per heavy atom. The zero-order valence-corrected chi connectivity index (χ0v) is 16.3. The largest absolute Gasteiger partial charge is 0.487 e. The van der Waals surface area contributed by atoms with Crippen LogP contribution < -0.4 is 4.74 Å². The number of amides is 2. The summed E-state index contributed by atoms with van der Waals surface area (Å²) in [4.78, 5) is 27.6. The average molecular weight is 396 g/mol. The molecule has 0 N–H and O–H groups in total. The molecule has 3 rings (SSSR count). The summed E-state index contributed by atoms with van der Waals surface area (Å²) < 4.78 is 11.4. The van der Waals surface area contributed by atoms with Gasteiger partial charge in [0.2, 0.25) is 11.7 Å². The molecule has 1 aromatic carbocycles. The van der Waals surface area contributed by atoms with Crippen molar-refractivity contribution in [1.82, 2.24) is 9.80 Å². The lowest BCUT2D eigenvalue weighted by Gasteiger charge is -2.49. The second-order valence-corrected chi connectivity index (χ2v) is 7.43. The highest BCUT2D eigenvalue weighted by molar-refractivity contribution is 6.64. The van der Waals surface area contributed by atoms with E-state index >= 15 is 0 Å². The predicted molar refractivity (Wildman–Crippen MR) is 114 cm³/mol. The summed E-state index contributed by atoms with van der Waals surface area (Å²) in [7, 11) is 33.5. The van der Waals surface area contributed by atoms with Gasteiger partial charge in [-0.2, -0.15) is 0 Å². The van der Waals surface area contributed by atoms with E-state index in [2.05, 4.69) is 0 Å². The number of nitrogens with zero attached hydrogens (tertiary/aromatic N) is 2. The number of rotatable bonds is 4. The third-order valence-corrected chi connectivity index (χ3v) is 4.63. The van der Waals surface area contributed by atoms with Gasteiger partial charge in [0, 0.05) is 5.02 Å². The van der Waals surface area contributed by atoms with Crippen molar-refractivity contribution in [2.45, 2.75) is 23.4 Å². The molecule has 0 spiro atoms. The molecule has 134 valence electrons. The highest BCUT2D eigenvalue weighted by Crippen LogP contribution is 2.37. The molecule has 1 unspecified atom stereocenters. The van der Waals surface area contributed by atoms with Gasteiger partial charge in [-0.3, -0.25) is 9.59 Å². The summed E-state index contributed by atoms with van der Waals surface area (Å²) in [5.74, 6) is -1.31. The van der Waals surface area contributed by atoms with E-state index in [0.29, 0.717) is 20.9 Å². The van der Waals surface area contributed by atoms with Gasteiger partial charge in [0.1, 0.15) is 18.7 Å². The first-order chi connectivity index (χ1) is 13.3. The monoisotopic (exact) mass is 396 g/mol. The minimum Gasteiger partial charge on any atom is -0.487 e. The number of carbonyl (C=O) groups excluding carboxylic acids is 2. The van der Waals surface area contributed by atoms with Crippen LogP contribution in [0.2, 0.25) is 5.02 Å². The molecule has 1 atom stereocenters. The Kier molecular flexibility index (Phi) is 5.63. The fourth-order valence-corrected chi connectivity index (χ4v) is 3.34. The fraction of sp³-hybridized carbons (Fsp3) is 0.375. The molecule has 1 aliphatic rings. The summed E-state index contributed by atoms with van der Waals surface area (Å²) in [6.45, 7) is 1.23. The molecular formula is C16H11B6ClN2O4. The molecule has 1 aromatic heterocycles. The van der Waals surface area contributed by atoms with E-state index in [0.717, 1.165) is 0 Å². The van der Waals surface area contributed by atoms with Gasteiger partial charge in [0.05, 0.1) is 58.5 Å². The van der Waals surface area contributed by atoms with Crippen molar-refractivity contribution < 1.29 is 18.7 Å². The quantitative estimate of drug-likeness (QED) is 0.647. The third kappa shape index (κ3) is 4.23. The number of furan rings is 1. The smallest absolute Gasteiger partial charge is 0.294 e. The number of ether oxygens (including phenoxy) is 1. The summed E-state index contributed by atoms with van der Waals surface area (Å²) >= 11 is 6.03. The van der Waals surface area contributed by atoms with Crippen LogP contribution in [0.1, 0.15) is 17.5 Å². The molecule has 0 saturated carbocycles. The third-order valence-electron chi connectivity index (χ3n) is 4.39. The molecule has 0 aliphatic carbocycles. The molecule has 0 saturated heterocycles. The van der Waals surface area contributed by atoms with Gasteiger partial charge in [-0.05, 0) is 25.1 Å². The van der Waals surface area contributed by atoms with E-state index in [1.165, 1.54) is 4.90 Å². The molecule has 0 fully saturated rings. The molecular weight excluding hydrogens is 385 g/mol. The molecule has 13 heteroatoms. The van der Waals surface area contributed by atoms with Crippen LogP contribution in [0.15, 0.2) is 22.6 Å². The van der Waals surface area contributed by atoms with E-state index in [4.69, 9.17) is 67.8 Å². The Hall–Kier alpha value is -1.82. The maximum atomic E-state index is 13.1. The number of hydrogen-bond acceptors (Lipinski definition) is 4. The van der Waals surface area contributed by atoms with Crippen molar-refractivity contribution in [3.05, 3.63) is 29.0 Å². The lowest BCUT2D eigenvalue weighted by molar-refractivity contribution is -0.133. The van der Waals surface area contributed by atoms with Crippen LogP contribution in [-0.4, -0.2) is 98.4 Å². The highest BCUT2D eigenvalue weighted by Gasteiger charge is 2.38. The van der Waals surface area contributed by atoms with E-state index in [-0.39, 0.29) is 18.1 Å². The number of carbonyl (C=O) groups is 2. The SMILES string of the molecule is [B]C([B])([B])N(C(=O)CN1C(=O)c2oc3ccc(Cl)cc3c2OCC1C)C([B])([B])[B]. The first-order valence-electron chi connectivity index (χ1n) is 8.53. The van der Waals surface area contributed by atoms with E-state index in [9.17, 15) is 9.59 Å². The first kappa shape index (κ1) is 21.9. The zero-order chi connectivity index (χ0) is 21.7. The van der Waals surface area contributed by atoms with Gasteiger partial charge in [-0.25, -0.2) is 0 Å². The second-order valence-electron chi connectivity index (χ2n) is 7.00. The van der Waals surface area contributed by atoms with Crippen molar-refractivity contribution in [3.63, 3.8) is 0 Å². The van der Waals surface area contributed by atoms with Crippen LogP contribution in [0.25, 0.3) is 11.0 Å². The van der Waals surface area contributed by atoms with Crippen molar-refractivity contribution >= 4 is 81.5 Å². The summed E-state index contributed by atoms with van der Waals surface area (Å²) in [6.07, 6.45) is 0. The molecule has 2 aromatic rings. The van der Waals surface area contributed by atoms with Crippen molar-refractivity contribution in [2.24, 2.45) is 0 Å². The Bertz CT molecular complexity index is 957. The van der Waals surface area contributed by atoms with Crippen molar-refractivity contribution in [2.75, 3.05) is 13.2 Å². The van der Waals surface area contributed by atoms with E-state index < -0.39 is 34.9 Å². The Morgan fingerprint density at radius 2 is 1.86 bits per heavy atom. The average Bonchev–Trinajstić information content (AvgIpc) is 2.86. The summed E-state index contributed by atoms with van der Waals surface area (Å²) in [5.41, 5.74) is 0.407. The molecule has 1 aliphatic heterocycles. The number of benzene rings is 1. The van der Waals surface area contributed by atoms with Crippen molar-refractivity contribution in [1.29, 1.82) is 0 Å². The second kappa shape index (κ2) is 7.46. The van der Waals surface area contributed by atoms with Crippen LogP contribution in [-0.2, 0) is 4.79 Å². The summed E-state index contributed by atoms with van der Waals surface area (Å²) in [6, 6.07) is 4.32. The van der Waals surface area contributed by atoms with Crippen LogP contribution in [0.3, 0.4) is 0 Å². The standard InChI is InChI=1S/C16H11B6ClN2O4/c1-7-6-28-12-9-4-8(23)2-3-10(9)29-13(12)14(27)24(7)5-11(26)25(15(17,18)19)16(20,21)22/h2-4,7H,5-6H2,1H3. The topological polar surface area (TPSA) is 63.0 Å². The van der Waals surface area contributed by atoms with Gasteiger partial charge in [-0.1, -0.05) is 22.1 Å². The maximum Gasteiger partial charge on any atom is 0.294 e. The number of hydrogen-bond donors (Lipinski definition) is 0. The van der Waals surface area contributed by atoms with Gasteiger partial charge in [0.15, 0.2) is 5.75 Å². The Morgan fingerprint density at radius 1 is 1.24 bits per heavy atom. The molecule has 2 amide bonds. The van der Waals surface area contributed by atoms with E-state index in [1.807, 2.05) is 0 Å². The van der Waals surface area contributed by atoms with Crippen LogP contribution in [0, 0.1) is 0 Å². The van der Waals surface area contributed by atoms with E-state index in [1.54, 1.807) is 25.1 Å². The lowest BCUT2D eigenvalue weighted by Crippen LogP contribution is -2.67. The van der Waals surface area contributed by atoms with Gasteiger partial charge in [-0.15, -0.1) is 0 Å². The zero-order valence-electron chi connectivity index (χ0n) is 15.6. The highest BCUT2D eigenvalue weighted by atomic mass is 35.5. The Labute approximate surface area is 181 Å². The van der Waals surface area contributed by atoms with Crippen LogP contribution >= 0.6 is 11.6 Å². The van der Waals surface area contributed by atoms with Gasteiger partial charge in [0.25, 0.3) is 5.91 Å². The number of halogens is 1. The van der Waals surface area contributed by atoms with Gasteiger partial charge < -0.3 is 19.0 Å². The summed E-state index contributed by atoms with van der Waals surface area (Å²) in [5, 5.41) is -3.53. The minimum absolute atomic E-state index is 0.0746. The molecule has 29 heavy (non-hydrogen) atoms. The fourth-order valence-electron chi connectivity index (χ4n) is 3.17. The van der Waals surface area contributed by atoms with Gasteiger partial charge >= 0.3 is 0 Å². The Balaban J connectivity index is 1.97. The first-order valence-corrected chi connectivity index (χ1v) is 8.90. The number of fused-ring (bicyclic) bond motifs is 3. The van der Waals surface area contributed by atoms with Crippen molar-refractivity contribution in [3.8, 4) is 5.75 Å².